The molecule has 0 atom stereocenters. The van der Waals surface area contributed by atoms with Crippen LogP contribution in [0.15, 0.2) is 18.2 Å². The lowest BCUT2D eigenvalue weighted by Gasteiger charge is -2.25. The number of benzene rings is 1. The molecular weight excluding hydrogens is 212 g/mol. The van der Waals surface area contributed by atoms with Crippen molar-refractivity contribution in [3.05, 3.63) is 18.2 Å². The number of rotatable bonds is 6. The molecule has 1 aromatic carbocycles. The topological polar surface area (TPSA) is 38.5 Å². The molecule has 0 heterocycles. The molecule has 0 saturated carbocycles. The van der Waals surface area contributed by atoms with Gasteiger partial charge in [-0.1, -0.05) is 13.0 Å². The second-order valence-corrected chi connectivity index (χ2v) is 4.44. The van der Waals surface area contributed by atoms with Crippen LogP contribution in [-0.4, -0.2) is 19.2 Å². The minimum Gasteiger partial charge on any atom is -0.489 e. The average molecular weight is 236 g/mol. The van der Waals surface area contributed by atoms with E-state index in [0.717, 1.165) is 36.6 Å². The molecule has 0 amide bonds. The van der Waals surface area contributed by atoms with Crippen LogP contribution < -0.4 is 15.4 Å². The highest BCUT2D eigenvalue weighted by atomic mass is 16.5. The van der Waals surface area contributed by atoms with Crippen molar-refractivity contribution >= 4 is 11.4 Å². The second kappa shape index (κ2) is 6.38. The fourth-order valence-corrected chi connectivity index (χ4v) is 1.88. The maximum Gasteiger partial charge on any atom is 0.144 e. The van der Waals surface area contributed by atoms with Gasteiger partial charge < -0.3 is 15.4 Å². The Morgan fingerprint density at radius 2 is 2.00 bits per heavy atom. The molecule has 0 unspecified atom stereocenters. The monoisotopic (exact) mass is 236 g/mol. The fraction of sp³-hybridized carbons (Fsp3) is 0.571. The maximum absolute atomic E-state index is 6.17. The van der Waals surface area contributed by atoms with E-state index in [1.54, 1.807) is 0 Å². The van der Waals surface area contributed by atoms with Crippen LogP contribution in [-0.2, 0) is 0 Å². The molecule has 0 spiro atoms. The standard InChI is InChI=1S/C14H24N2O/c1-5-10-16(6-2)12-8-7-9-13(14(12)15)17-11(3)4/h7-9,11H,5-6,10,15H2,1-4H3. The van der Waals surface area contributed by atoms with Gasteiger partial charge in [0.2, 0.25) is 0 Å². The van der Waals surface area contributed by atoms with Gasteiger partial charge >= 0.3 is 0 Å². The molecule has 3 nitrogen and oxygen atoms in total. The number of hydrogen-bond donors (Lipinski definition) is 1. The zero-order valence-corrected chi connectivity index (χ0v) is 11.4. The van der Waals surface area contributed by atoms with Crippen LogP contribution in [0.4, 0.5) is 11.4 Å². The van der Waals surface area contributed by atoms with E-state index < -0.39 is 0 Å². The summed E-state index contributed by atoms with van der Waals surface area (Å²) in [6.07, 6.45) is 1.26. The lowest BCUT2D eigenvalue weighted by molar-refractivity contribution is 0.244. The number of nitrogens with zero attached hydrogens (tertiary/aromatic N) is 1. The summed E-state index contributed by atoms with van der Waals surface area (Å²) < 4.78 is 5.71. The molecule has 0 aliphatic heterocycles. The third kappa shape index (κ3) is 3.55. The van der Waals surface area contributed by atoms with Crippen molar-refractivity contribution in [2.75, 3.05) is 23.7 Å². The summed E-state index contributed by atoms with van der Waals surface area (Å²) >= 11 is 0. The molecule has 0 saturated heterocycles. The molecule has 17 heavy (non-hydrogen) atoms. The first-order valence-corrected chi connectivity index (χ1v) is 6.40. The van der Waals surface area contributed by atoms with Gasteiger partial charge in [-0.25, -0.2) is 0 Å². The molecule has 96 valence electrons. The Hall–Kier alpha value is -1.38. The van der Waals surface area contributed by atoms with Gasteiger partial charge in [0.25, 0.3) is 0 Å². The molecule has 1 rings (SSSR count). The van der Waals surface area contributed by atoms with Gasteiger partial charge in [0.15, 0.2) is 0 Å². The van der Waals surface area contributed by atoms with Crippen molar-refractivity contribution in [1.29, 1.82) is 0 Å². The molecule has 0 aliphatic rings. The molecule has 3 heteroatoms. The summed E-state index contributed by atoms with van der Waals surface area (Å²) in [6, 6.07) is 5.99. The van der Waals surface area contributed by atoms with E-state index >= 15 is 0 Å². The quantitative estimate of drug-likeness (QED) is 0.770. The minimum absolute atomic E-state index is 0.147. The van der Waals surface area contributed by atoms with Crippen LogP contribution in [0.25, 0.3) is 0 Å². The Morgan fingerprint density at radius 1 is 1.29 bits per heavy atom. The zero-order valence-electron chi connectivity index (χ0n) is 11.4. The van der Waals surface area contributed by atoms with E-state index in [-0.39, 0.29) is 6.10 Å². The summed E-state index contributed by atoms with van der Waals surface area (Å²) in [5.41, 5.74) is 7.99. The number of anilines is 2. The highest BCUT2D eigenvalue weighted by molar-refractivity contribution is 5.74. The smallest absolute Gasteiger partial charge is 0.144 e. The Morgan fingerprint density at radius 3 is 2.53 bits per heavy atom. The summed E-state index contributed by atoms with van der Waals surface area (Å²) in [5.74, 6) is 0.784. The molecule has 0 bridgehead atoms. The molecule has 1 aromatic rings. The van der Waals surface area contributed by atoms with Gasteiger partial charge in [0.1, 0.15) is 5.75 Å². The zero-order chi connectivity index (χ0) is 12.8. The Bertz CT molecular complexity index is 350. The number of hydrogen-bond acceptors (Lipinski definition) is 3. The minimum atomic E-state index is 0.147. The van der Waals surface area contributed by atoms with Gasteiger partial charge in [-0.05, 0) is 39.3 Å². The van der Waals surface area contributed by atoms with Crippen LogP contribution in [0, 0.1) is 0 Å². The van der Waals surface area contributed by atoms with Gasteiger partial charge in [-0.3, -0.25) is 0 Å². The predicted octanol–water partition coefficient (Wildman–Crippen LogP) is 3.29. The fourth-order valence-electron chi connectivity index (χ4n) is 1.88. The van der Waals surface area contributed by atoms with Gasteiger partial charge in [0.05, 0.1) is 17.5 Å². The molecule has 0 aliphatic carbocycles. The normalized spacial score (nSPS) is 10.6. The van der Waals surface area contributed by atoms with Crippen LogP contribution in [0.1, 0.15) is 34.1 Å². The van der Waals surface area contributed by atoms with Crippen molar-refractivity contribution < 1.29 is 4.74 Å². The van der Waals surface area contributed by atoms with Crippen molar-refractivity contribution in [2.24, 2.45) is 0 Å². The molecular formula is C14H24N2O. The summed E-state index contributed by atoms with van der Waals surface area (Å²) in [7, 11) is 0. The van der Waals surface area contributed by atoms with Crippen LogP contribution in [0.5, 0.6) is 5.75 Å². The number of para-hydroxylation sites is 1. The van der Waals surface area contributed by atoms with Gasteiger partial charge in [-0.2, -0.15) is 0 Å². The van der Waals surface area contributed by atoms with E-state index in [9.17, 15) is 0 Å². The van der Waals surface area contributed by atoms with Crippen molar-refractivity contribution in [3.8, 4) is 5.75 Å². The number of ether oxygens (including phenoxy) is 1. The lowest BCUT2D eigenvalue weighted by atomic mass is 10.2. The SMILES string of the molecule is CCCN(CC)c1cccc(OC(C)C)c1N. The Kier molecular flexibility index (Phi) is 5.13. The van der Waals surface area contributed by atoms with E-state index in [4.69, 9.17) is 10.5 Å². The molecule has 0 radical (unpaired) electrons. The number of nitrogens with two attached hydrogens (primary N) is 1. The molecule has 0 aromatic heterocycles. The second-order valence-electron chi connectivity index (χ2n) is 4.44. The Balaban J connectivity index is 2.99. The van der Waals surface area contributed by atoms with Crippen LogP contribution in [0.3, 0.4) is 0 Å². The van der Waals surface area contributed by atoms with E-state index in [1.807, 2.05) is 26.0 Å². The molecule has 2 N–H and O–H groups in total. The Labute approximate surface area is 105 Å². The number of nitrogen functional groups attached to an aromatic ring is 1. The van der Waals surface area contributed by atoms with E-state index in [0.29, 0.717) is 0 Å². The largest absolute Gasteiger partial charge is 0.489 e. The van der Waals surface area contributed by atoms with Gasteiger partial charge in [-0.15, -0.1) is 0 Å². The average Bonchev–Trinajstić information content (AvgIpc) is 2.29. The lowest BCUT2D eigenvalue weighted by Crippen LogP contribution is -2.24. The van der Waals surface area contributed by atoms with Crippen molar-refractivity contribution in [3.63, 3.8) is 0 Å². The van der Waals surface area contributed by atoms with Crippen LogP contribution in [0.2, 0.25) is 0 Å². The first kappa shape index (κ1) is 13.7. The van der Waals surface area contributed by atoms with Crippen molar-refractivity contribution in [1.82, 2.24) is 0 Å². The summed E-state index contributed by atoms with van der Waals surface area (Å²) in [5, 5.41) is 0. The third-order valence-corrected chi connectivity index (χ3v) is 2.62. The first-order valence-electron chi connectivity index (χ1n) is 6.40. The summed E-state index contributed by atoms with van der Waals surface area (Å²) in [4.78, 5) is 2.28. The highest BCUT2D eigenvalue weighted by Crippen LogP contribution is 2.32. The highest BCUT2D eigenvalue weighted by Gasteiger charge is 2.11. The third-order valence-electron chi connectivity index (χ3n) is 2.62. The van der Waals surface area contributed by atoms with Crippen LogP contribution >= 0.6 is 0 Å². The summed E-state index contributed by atoms with van der Waals surface area (Å²) in [6.45, 7) is 10.3. The van der Waals surface area contributed by atoms with E-state index in [1.165, 1.54) is 0 Å². The van der Waals surface area contributed by atoms with E-state index in [2.05, 4.69) is 24.8 Å². The van der Waals surface area contributed by atoms with Gasteiger partial charge in [0, 0.05) is 13.1 Å². The molecule has 0 fully saturated rings. The van der Waals surface area contributed by atoms with Crippen molar-refractivity contribution in [2.45, 2.75) is 40.2 Å². The maximum atomic E-state index is 6.17. The first-order chi connectivity index (χ1) is 8.10. The predicted molar refractivity (Wildman–Crippen MR) is 74.8 cm³/mol.